The van der Waals surface area contributed by atoms with Crippen molar-refractivity contribution in [2.24, 2.45) is 23.0 Å². The van der Waals surface area contributed by atoms with E-state index < -0.39 is 0 Å². The third-order valence-corrected chi connectivity index (χ3v) is 3.26. The Bertz CT molecular complexity index is 136. The Hall–Kier alpha value is -0.0400. The second-order valence-corrected chi connectivity index (χ2v) is 5.22. The molecule has 0 amide bonds. The molecule has 1 atom stereocenters. The molecule has 0 bridgehead atoms. The fourth-order valence-corrected chi connectivity index (χ4v) is 1.62. The lowest BCUT2D eigenvalue weighted by atomic mass is 9.84. The lowest BCUT2D eigenvalue weighted by Gasteiger charge is -2.24. The Labute approximate surface area is 76.7 Å². The van der Waals surface area contributed by atoms with E-state index in [1.165, 1.54) is 25.7 Å². The van der Waals surface area contributed by atoms with Crippen molar-refractivity contribution in [3.63, 3.8) is 0 Å². The summed E-state index contributed by atoms with van der Waals surface area (Å²) in [5, 5.41) is 0. The Morgan fingerprint density at radius 3 is 2.42 bits per heavy atom. The zero-order chi connectivity index (χ0) is 9.19. The van der Waals surface area contributed by atoms with Crippen molar-refractivity contribution < 1.29 is 0 Å². The van der Waals surface area contributed by atoms with Crippen LogP contribution < -0.4 is 5.73 Å². The molecule has 0 heterocycles. The lowest BCUT2D eigenvalue weighted by molar-refractivity contribution is 0.297. The fourth-order valence-electron chi connectivity index (χ4n) is 1.62. The first-order valence-electron chi connectivity index (χ1n) is 5.25. The van der Waals surface area contributed by atoms with Crippen LogP contribution in [0.4, 0.5) is 0 Å². The number of rotatable bonds is 5. The van der Waals surface area contributed by atoms with Gasteiger partial charge >= 0.3 is 0 Å². The monoisotopic (exact) mass is 169 g/mol. The first-order chi connectivity index (χ1) is 5.55. The van der Waals surface area contributed by atoms with Crippen LogP contribution in [0.1, 0.15) is 46.5 Å². The normalized spacial score (nSPS) is 21.0. The van der Waals surface area contributed by atoms with E-state index in [1.54, 1.807) is 0 Å². The van der Waals surface area contributed by atoms with Crippen LogP contribution in [0.15, 0.2) is 0 Å². The van der Waals surface area contributed by atoms with Gasteiger partial charge in [0.05, 0.1) is 0 Å². The van der Waals surface area contributed by atoms with Crippen molar-refractivity contribution in [3.8, 4) is 0 Å². The van der Waals surface area contributed by atoms with Crippen LogP contribution in [0.3, 0.4) is 0 Å². The number of nitrogens with two attached hydrogens (primary N) is 1. The average molecular weight is 169 g/mol. The summed E-state index contributed by atoms with van der Waals surface area (Å²) in [6.07, 6.45) is 5.62. The predicted molar refractivity (Wildman–Crippen MR) is 54.0 cm³/mol. The molecule has 2 N–H and O–H groups in total. The molecule has 0 aliphatic heterocycles. The smallest absolute Gasteiger partial charge is 0.00258 e. The van der Waals surface area contributed by atoms with Gasteiger partial charge in [-0.3, -0.25) is 0 Å². The van der Waals surface area contributed by atoms with Crippen molar-refractivity contribution in [2.75, 3.05) is 6.54 Å². The summed E-state index contributed by atoms with van der Waals surface area (Å²) < 4.78 is 0. The quantitative estimate of drug-likeness (QED) is 0.673. The Morgan fingerprint density at radius 1 is 1.42 bits per heavy atom. The van der Waals surface area contributed by atoms with Gasteiger partial charge in [0.2, 0.25) is 0 Å². The highest BCUT2D eigenvalue weighted by atomic mass is 14.6. The van der Waals surface area contributed by atoms with Gasteiger partial charge in [-0.2, -0.15) is 0 Å². The Kier molecular flexibility index (Phi) is 3.16. The maximum atomic E-state index is 5.68. The van der Waals surface area contributed by atoms with Crippen LogP contribution in [-0.2, 0) is 0 Å². The molecule has 72 valence electrons. The molecule has 0 aromatic rings. The summed E-state index contributed by atoms with van der Waals surface area (Å²) in [5.41, 5.74) is 6.05. The van der Waals surface area contributed by atoms with Gasteiger partial charge in [-0.25, -0.2) is 0 Å². The van der Waals surface area contributed by atoms with Crippen molar-refractivity contribution in [1.82, 2.24) is 0 Å². The Morgan fingerprint density at radius 2 is 2.00 bits per heavy atom. The van der Waals surface area contributed by atoms with Gasteiger partial charge in [0.1, 0.15) is 0 Å². The number of hydrogen-bond donors (Lipinski definition) is 1. The molecule has 0 spiro atoms. The average Bonchev–Trinajstić information content (AvgIpc) is 2.83. The lowest BCUT2D eigenvalue weighted by Crippen LogP contribution is -2.24. The molecule has 0 aromatic heterocycles. The van der Waals surface area contributed by atoms with Crippen molar-refractivity contribution in [2.45, 2.75) is 46.5 Å². The van der Waals surface area contributed by atoms with Gasteiger partial charge in [0.15, 0.2) is 0 Å². The third kappa shape index (κ3) is 3.14. The summed E-state index contributed by atoms with van der Waals surface area (Å²) in [5.74, 6) is 1.99. The summed E-state index contributed by atoms with van der Waals surface area (Å²) >= 11 is 0. The van der Waals surface area contributed by atoms with Crippen LogP contribution in [0.5, 0.6) is 0 Å². The molecular weight excluding hydrogens is 146 g/mol. The molecule has 1 fully saturated rings. The zero-order valence-electron chi connectivity index (χ0n) is 8.77. The first-order valence-corrected chi connectivity index (χ1v) is 5.25. The molecule has 12 heavy (non-hydrogen) atoms. The maximum absolute atomic E-state index is 5.68. The van der Waals surface area contributed by atoms with E-state index in [2.05, 4.69) is 20.8 Å². The zero-order valence-corrected chi connectivity index (χ0v) is 8.77. The van der Waals surface area contributed by atoms with Gasteiger partial charge < -0.3 is 5.73 Å². The molecule has 0 radical (unpaired) electrons. The summed E-state index contributed by atoms with van der Waals surface area (Å²) in [6, 6.07) is 0. The van der Waals surface area contributed by atoms with E-state index in [1.807, 2.05) is 0 Å². The van der Waals surface area contributed by atoms with Crippen molar-refractivity contribution in [3.05, 3.63) is 0 Å². The molecule has 1 unspecified atom stereocenters. The van der Waals surface area contributed by atoms with Gasteiger partial charge in [0.25, 0.3) is 0 Å². The molecule has 1 nitrogen and oxygen atoms in total. The highest BCUT2D eigenvalue weighted by Crippen LogP contribution is 2.40. The summed E-state index contributed by atoms with van der Waals surface area (Å²) in [6.45, 7) is 7.76. The van der Waals surface area contributed by atoms with Crippen LogP contribution in [-0.4, -0.2) is 6.54 Å². The highest BCUT2D eigenvalue weighted by Gasteiger charge is 2.28. The first kappa shape index (κ1) is 10.0. The minimum Gasteiger partial charge on any atom is -0.330 e. The molecule has 1 aliphatic rings. The molecule has 0 aromatic carbocycles. The van der Waals surface area contributed by atoms with Crippen LogP contribution in [0.25, 0.3) is 0 Å². The van der Waals surface area contributed by atoms with Crippen molar-refractivity contribution >= 4 is 0 Å². The minimum atomic E-state index is 0.364. The molecule has 0 saturated heterocycles. The topological polar surface area (TPSA) is 26.0 Å². The predicted octanol–water partition coefficient (Wildman–Crippen LogP) is 2.80. The van der Waals surface area contributed by atoms with Gasteiger partial charge in [-0.05, 0) is 49.5 Å². The van der Waals surface area contributed by atoms with Gasteiger partial charge in [-0.1, -0.05) is 20.8 Å². The minimum absolute atomic E-state index is 0.364. The van der Waals surface area contributed by atoms with E-state index in [0.717, 1.165) is 18.4 Å². The largest absolute Gasteiger partial charge is 0.330 e. The van der Waals surface area contributed by atoms with Gasteiger partial charge in [-0.15, -0.1) is 0 Å². The Balaban J connectivity index is 2.14. The molecule has 1 rings (SSSR count). The standard InChI is InChI=1S/C11H23N/c1-9(10-4-5-10)6-7-11(2,3)8-12/h9-10H,4-8,12H2,1-3H3. The molecule has 1 heteroatoms. The second kappa shape index (κ2) is 3.78. The summed E-state index contributed by atoms with van der Waals surface area (Å²) in [4.78, 5) is 0. The highest BCUT2D eigenvalue weighted by molar-refractivity contribution is 4.80. The van der Waals surface area contributed by atoms with Crippen molar-refractivity contribution in [1.29, 1.82) is 0 Å². The van der Waals surface area contributed by atoms with E-state index in [9.17, 15) is 0 Å². The van der Waals surface area contributed by atoms with E-state index >= 15 is 0 Å². The van der Waals surface area contributed by atoms with E-state index in [4.69, 9.17) is 5.73 Å². The second-order valence-electron chi connectivity index (χ2n) is 5.22. The fraction of sp³-hybridized carbons (Fsp3) is 1.00. The van der Waals surface area contributed by atoms with E-state index in [-0.39, 0.29) is 0 Å². The third-order valence-electron chi connectivity index (χ3n) is 3.26. The molecular formula is C11H23N. The molecule has 1 saturated carbocycles. The van der Waals surface area contributed by atoms with Gasteiger partial charge in [0, 0.05) is 0 Å². The summed E-state index contributed by atoms with van der Waals surface area (Å²) in [7, 11) is 0. The maximum Gasteiger partial charge on any atom is -0.00258 e. The van der Waals surface area contributed by atoms with Crippen LogP contribution >= 0.6 is 0 Å². The number of hydrogen-bond acceptors (Lipinski definition) is 1. The van der Waals surface area contributed by atoms with E-state index in [0.29, 0.717) is 5.41 Å². The molecule has 1 aliphatic carbocycles. The van der Waals surface area contributed by atoms with Crippen LogP contribution in [0.2, 0.25) is 0 Å². The van der Waals surface area contributed by atoms with Crippen LogP contribution in [0, 0.1) is 17.3 Å². The SMILES string of the molecule is CC(CCC(C)(C)CN)C1CC1.